The van der Waals surface area contributed by atoms with Crippen molar-refractivity contribution in [1.82, 2.24) is 4.57 Å². The van der Waals surface area contributed by atoms with Gasteiger partial charge in [-0.05, 0) is 25.5 Å². The molecule has 22 heavy (non-hydrogen) atoms. The lowest BCUT2D eigenvalue weighted by Crippen LogP contribution is -2.24. The number of rotatable bonds is 6. The number of aliphatic carboxylic acids is 1. The van der Waals surface area contributed by atoms with Crippen LogP contribution < -0.4 is 5.11 Å². The lowest BCUT2D eigenvalue weighted by Gasteiger charge is -2.12. The summed E-state index contributed by atoms with van der Waals surface area (Å²) < 4.78 is 6.87. The normalized spacial score (nSPS) is 10.5. The van der Waals surface area contributed by atoms with E-state index in [2.05, 4.69) is 0 Å². The van der Waals surface area contributed by atoms with Gasteiger partial charge in [0.2, 0.25) is 0 Å². The lowest BCUT2D eigenvalue weighted by atomic mass is 10.1. The molecule has 1 heterocycles. The molecule has 0 N–H and O–H groups in total. The fraction of sp³-hybridized carbons (Fsp3) is 0.294. The van der Waals surface area contributed by atoms with Gasteiger partial charge in [-0.1, -0.05) is 30.3 Å². The summed E-state index contributed by atoms with van der Waals surface area (Å²) in [7, 11) is 0. The smallest absolute Gasteiger partial charge is 0.339 e. The van der Waals surface area contributed by atoms with Crippen molar-refractivity contribution in [3.8, 4) is 11.3 Å². The van der Waals surface area contributed by atoms with Gasteiger partial charge in [0, 0.05) is 30.3 Å². The molecule has 0 radical (unpaired) electrons. The van der Waals surface area contributed by atoms with Crippen LogP contribution in [-0.4, -0.2) is 23.1 Å². The molecule has 5 heteroatoms. The highest BCUT2D eigenvalue weighted by Crippen LogP contribution is 2.26. The Labute approximate surface area is 129 Å². The van der Waals surface area contributed by atoms with Gasteiger partial charge in [0.25, 0.3) is 0 Å². The number of hydrogen-bond acceptors (Lipinski definition) is 4. The van der Waals surface area contributed by atoms with E-state index in [1.165, 1.54) is 0 Å². The van der Waals surface area contributed by atoms with Crippen LogP contribution in [0.15, 0.2) is 36.4 Å². The van der Waals surface area contributed by atoms with Crippen molar-refractivity contribution in [2.24, 2.45) is 0 Å². The van der Waals surface area contributed by atoms with Crippen LogP contribution in [0, 0.1) is 6.92 Å². The van der Waals surface area contributed by atoms with Gasteiger partial charge < -0.3 is 19.2 Å². The van der Waals surface area contributed by atoms with E-state index in [9.17, 15) is 14.7 Å². The maximum absolute atomic E-state index is 12.0. The molecule has 1 aromatic heterocycles. The molecule has 0 bridgehead atoms. The second-order valence-electron chi connectivity index (χ2n) is 4.89. The molecule has 5 nitrogen and oxygen atoms in total. The number of hydrogen-bond donors (Lipinski definition) is 0. The fourth-order valence-electron chi connectivity index (χ4n) is 2.40. The van der Waals surface area contributed by atoms with Gasteiger partial charge in [-0.2, -0.15) is 0 Å². The monoisotopic (exact) mass is 300 g/mol. The van der Waals surface area contributed by atoms with E-state index < -0.39 is 11.9 Å². The van der Waals surface area contributed by atoms with Gasteiger partial charge in [-0.25, -0.2) is 4.79 Å². The average molecular weight is 300 g/mol. The minimum absolute atomic E-state index is 0.113. The van der Waals surface area contributed by atoms with E-state index in [0.29, 0.717) is 17.9 Å². The molecule has 0 atom stereocenters. The first kappa shape index (κ1) is 15.8. The molecule has 0 amide bonds. The number of ether oxygens (including phenoxy) is 1. The van der Waals surface area contributed by atoms with Crippen LogP contribution >= 0.6 is 0 Å². The molecule has 0 aliphatic rings. The molecule has 0 saturated carbocycles. The number of carbonyl (C=O) groups excluding carboxylic acids is 2. The number of benzene rings is 1. The molecule has 0 aliphatic heterocycles. The molecule has 0 spiro atoms. The van der Waals surface area contributed by atoms with Gasteiger partial charge in [0.1, 0.15) is 0 Å². The van der Waals surface area contributed by atoms with Crippen LogP contribution in [0.3, 0.4) is 0 Å². The fourth-order valence-corrected chi connectivity index (χ4v) is 2.40. The van der Waals surface area contributed by atoms with Crippen molar-refractivity contribution in [2.75, 3.05) is 6.61 Å². The zero-order valence-corrected chi connectivity index (χ0v) is 12.7. The molecule has 0 aliphatic carbocycles. The van der Waals surface area contributed by atoms with Crippen molar-refractivity contribution in [1.29, 1.82) is 0 Å². The van der Waals surface area contributed by atoms with Crippen LogP contribution in [0.25, 0.3) is 11.3 Å². The Balaban J connectivity index is 2.48. The number of carbonyl (C=O) groups is 2. The van der Waals surface area contributed by atoms with Crippen molar-refractivity contribution in [2.45, 2.75) is 26.8 Å². The molecular formula is C17H18NO4-. The maximum Gasteiger partial charge on any atom is 0.339 e. The summed E-state index contributed by atoms with van der Waals surface area (Å²) in [6.07, 6.45) is -0.113. The van der Waals surface area contributed by atoms with Crippen LogP contribution in [0.4, 0.5) is 0 Å². The zero-order chi connectivity index (χ0) is 16.1. The number of nitrogens with zero attached hydrogens (tertiary/aromatic N) is 1. The molecule has 116 valence electrons. The Kier molecular flexibility index (Phi) is 4.99. The predicted molar refractivity (Wildman–Crippen MR) is 80.2 cm³/mol. The third-order valence-corrected chi connectivity index (χ3v) is 3.47. The highest BCUT2D eigenvalue weighted by atomic mass is 16.5. The second-order valence-corrected chi connectivity index (χ2v) is 4.89. The molecule has 0 saturated heterocycles. The first-order valence-corrected chi connectivity index (χ1v) is 7.17. The third-order valence-electron chi connectivity index (χ3n) is 3.47. The standard InChI is InChI=1S/C17H19NO4/c1-3-22-17(21)14-11-15(13-7-5-4-6-8-13)18(12(14)2)10-9-16(19)20/h4-8,11H,3,9-10H2,1-2H3,(H,19,20)/p-1. The van der Waals surface area contributed by atoms with Crippen LogP contribution in [0.2, 0.25) is 0 Å². The topological polar surface area (TPSA) is 71.4 Å². The minimum Gasteiger partial charge on any atom is -0.550 e. The van der Waals surface area contributed by atoms with Crippen LogP contribution in [0.1, 0.15) is 29.4 Å². The summed E-state index contributed by atoms with van der Waals surface area (Å²) in [5.74, 6) is -1.52. The number of carboxylic acids is 1. The Morgan fingerprint density at radius 2 is 1.91 bits per heavy atom. The van der Waals surface area contributed by atoms with Crippen molar-refractivity contribution in [3.05, 3.63) is 47.7 Å². The zero-order valence-electron chi connectivity index (χ0n) is 12.7. The van der Waals surface area contributed by atoms with E-state index in [4.69, 9.17) is 4.74 Å². The Hall–Kier alpha value is -2.56. The van der Waals surface area contributed by atoms with E-state index in [1.807, 2.05) is 34.9 Å². The van der Waals surface area contributed by atoms with E-state index in [0.717, 1.165) is 11.3 Å². The highest BCUT2D eigenvalue weighted by Gasteiger charge is 2.19. The molecule has 2 aromatic rings. The van der Waals surface area contributed by atoms with Crippen molar-refractivity contribution < 1.29 is 19.4 Å². The summed E-state index contributed by atoms with van der Waals surface area (Å²) in [6.45, 7) is 4.08. The molecule has 0 fully saturated rings. The van der Waals surface area contributed by atoms with Crippen LogP contribution in [-0.2, 0) is 16.1 Å². The summed E-state index contributed by atoms with van der Waals surface area (Å²) in [5, 5.41) is 10.8. The average Bonchev–Trinajstić information content (AvgIpc) is 2.83. The molecular weight excluding hydrogens is 282 g/mol. The highest BCUT2D eigenvalue weighted by molar-refractivity contribution is 5.92. The van der Waals surface area contributed by atoms with Gasteiger partial charge in [-0.15, -0.1) is 0 Å². The number of esters is 1. The van der Waals surface area contributed by atoms with E-state index in [-0.39, 0.29) is 13.0 Å². The van der Waals surface area contributed by atoms with Crippen molar-refractivity contribution >= 4 is 11.9 Å². The summed E-state index contributed by atoms with van der Waals surface area (Å²) in [6, 6.07) is 11.3. The summed E-state index contributed by atoms with van der Waals surface area (Å²) in [4.78, 5) is 22.8. The van der Waals surface area contributed by atoms with E-state index >= 15 is 0 Å². The molecule has 1 aromatic carbocycles. The molecule has 2 rings (SSSR count). The molecule has 0 unspecified atom stereocenters. The Bertz CT molecular complexity index is 673. The maximum atomic E-state index is 12.0. The first-order valence-electron chi connectivity index (χ1n) is 7.17. The van der Waals surface area contributed by atoms with Crippen LogP contribution in [0.5, 0.6) is 0 Å². The Morgan fingerprint density at radius 1 is 1.23 bits per heavy atom. The Morgan fingerprint density at radius 3 is 2.50 bits per heavy atom. The van der Waals surface area contributed by atoms with E-state index in [1.54, 1.807) is 19.9 Å². The van der Waals surface area contributed by atoms with Gasteiger partial charge in [0.05, 0.1) is 12.2 Å². The number of aromatic nitrogens is 1. The minimum atomic E-state index is -1.12. The predicted octanol–water partition coefficient (Wildman–Crippen LogP) is 1.78. The largest absolute Gasteiger partial charge is 0.550 e. The van der Waals surface area contributed by atoms with Gasteiger partial charge in [-0.3, -0.25) is 0 Å². The first-order chi connectivity index (χ1) is 10.5. The third kappa shape index (κ3) is 3.36. The second kappa shape index (κ2) is 6.93. The van der Waals surface area contributed by atoms with Gasteiger partial charge >= 0.3 is 5.97 Å². The van der Waals surface area contributed by atoms with Crippen molar-refractivity contribution in [3.63, 3.8) is 0 Å². The SMILES string of the molecule is CCOC(=O)c1cc(-c2ccccc2)n(CCC(=O)[O-])c1C. The summed E-state index contributed by atoms with van der Waals surface area (Å²) in [5.41, 5.74) is 2.86. The van der Waals surface area contributed by atoms with Gasteiger partial charge in [0.15, 0.2) is 0 Å². The number of carboxylic acid groups (broad SMARTS) is 1. The lowest BCUT2D eigenvalue weighted by molar-refractivity contribution is -0.305. The quantitative estimate of drug-likeness (QED) is 0.762. The summed E-state index contributed by atoms with van der Waals surface area (Å²) >= 11 is 0.